The Kier molecular flexibility index (Phi) is 11.2. The molecule has 7 nitrogen and oxygen atoms in total. The second-order valence-corrected chi connectivity index (χ2v) is 13.9. The number of nitrogens with zero attached hydrogens (tertiary/aromatic N) is 1. The molecule has 248 valence electrons. The van der Waals surface area contributed by atoms with Crippen molar-refractivity contribution in [3.63, 3.8) is 0 Å². The van der Waals surface area contributed by atoms with Gasteiger partial charge in [0.1, 0.15) is 10.9 Å². The van der Waals surface area contributed by atoms with E-state index in [4.69, 9.17) is 16.6 Å². The van der Waals surface area contributed by atoms with Gasteiger partial charge < -0.3 is 16.0 Å². The molecule has 1 atom stereocenters. The molecule has 50 heavy (non-hydrogen) atoms. The maximum Gasteiger partial charge on any atom is 0.272 e. The molecule has 3 N–H and O–H groups in total. The molecular weight excluding hydrogens is 684 g/mol. The highest BCUT2D eigenvalue weighted by Gasteiger charge is 2.24. The topological polar surface area (TPSA) is 100 Å². The summed E-state index contributed by atoms with van der Waals surface area (Å²) in [4.78, 5) is 47.1. The normalized spacial score (nSPS) is 11.8. The SMILES string of the molecule is Cc1sc(NC(=O)C(Sc2cccc(NC(=O)/C(=C\c3ccccc3Cl)NC(=O)c3ccccc3)c2)c2ccccc2)nc1-c1ccccc1. The third kappa shape index (κ3) is 8.75. The van der Waals surface area contributed by atoms with E-state index in [1.54, 1.807) is 66.7 Å². The summed E-state index contributed by atoms with van der Waals surface area (Å²) in [7, 11) is 0. The van der Waals surface area contributed by atoms with Crippen LogP contribution in [0.5, 0.6) is 0 Å². The van der Waals surface area contributed by atoms with Crippen molar-refractivity contribution in [2.45, 2.75) is 17.1 Å². The molecule has 5 aromatic carbocycles. The number of aryl methyl sites for hydroxylation is 1. The zero-order valence-corrected chi connectivity index (χ0v) is 29.2. The van der Waals surface area contributed by atoms with Gasteiger partial charge in [-0.1, -0.05) is 115 Å². The lowest BCUT2D eigenvalue weighted by molar-refractivity contribution is -0.116. The van der Waals surface area contributed by atoms with E-state index >= 15 is 0 Å². The number of carbonyl (C=O) groups is 3. The summed E-state index contributed by atoms with van der Waals surface area (Å²) in [5, 5.41) is 9.00. The van der Waals surface area contributed by atoms with Gasteiger partial charge in [-0.05, 0) is 60.5 Å². The number of carbonyl (C=O) groups excluding carboxylic acids is 3. The highest BCUT2D eigenvalue weighted by Crippen LogP contribution is 2.38. The Hall–Kier alpha value is -5.48. The zero-order valence-electron chi connectivity index (χ0n) is 26.8. The van der Waals surface area contributed by atoms with E-state index in [9.17, 15) is 14.4 Å². The molecular formula is C40H31ClN4O3S2. The molecule has 0 spiro atoms. The van der Waals surface area contributed by atoms with Gasteiger partial charge in [0.25, 0.3) is 11.8 Å². The Morgan fingerprint density at radius 3 is 2.16 bits per heavy atom. The number of anilines is 2. The summed E-state index contributed by atoms with van der Waals surface area (Å²) < 4.78 is 0. The van der Waals surface area contributed by atoms with Gasteiger partial charge in [-0.3, -0.25) is 14.4 Å². The highest BCUT2D eigenvalue weighted by molar-refractivity contribution is 8.00. The highest BCUT2D eigenvalue weighted by atomic mass is 35.5. The van der Waals surface area contributed by atoms with Crippen LogP contribution < -0.4 is 16.0 Å². The molecule has 0 saturated heterocycles. The molecule has 0 aliphatic rings. The Morgan fingerprint density at radius 1 is 0.780 bits per heavy atom. The number of nitrogens with one attached hydrogen (secondary N) is 3. The second kappa shape index (κ2) is 16.3. The van der Waals surface area contributed by atoms with Gasteiger partial charge >= 0.3 is 0 Å². The quantitative estimate of drug-likeness (QED) is 0.0917. The smallest absolute Gasteiger partial charge is 0.272 e. The van der Waals surface area contributed by atoms with Crippen LogP contribution in [0.15, 0.2) is 150 Å². The van der Waals surface area contributed by atoms with Gasteiger partial charge in [-0.2, -0.15) is 0 Å². The fourth-order valence-electron chi connectivity index (χ4n) is 5.06. The number of hydrogen-bond acceptors (Lipinski definition) is 6. The first-order valence-corrected chi connectivity index (χ1v) is 17.7. The number of benzene rings is 5. The molecule has 6 rings (SSSR count). The predicted molar refractivity (Wildman–Crippen MR) is 204 cm³/mol. The van der Waals surface area contributed by atoms with Gasteiger partial charge in [0, 0.05) is 31.6 Å². The van der Waals surface area contributed by atoms with Crippen molar-refractivity contribution in [2.24, 2.45) is 0 Å². The molecule has 0 aliphatic carbocycles. The van der Waals surface area contributed by atoms with Crippen molar-refractivity contribution in [3.8, 4) is 11.3 Å². The number of halogens is 1. The molecule has 0 radical (unpaired) electrons. The maximum atomic E-state index is 13.9. The Bertz CT molecular complexity index is 2160. The van der Waals surface area contributed by atoms with Crippen molar-refractivity contribution < 1.29 is 14.4 Å². The monoisotopic (exact) mass is 714 g/mol. The summed E-state index contributed by atoms with van der Waals surface area (Å²) in [5.41, 5.74) is 4.10. The first kappa shape index (κ1) is 34.4. The minimum atomic E-state index is -0.618. The largest absolute Gasteiger partial charge is 0.321 e. The van der Waals surface area contributed by atoms with E-state index in [1.807, 2.05) is 79.7 Å². The molecule has 0 bridgehead atoms. The number of aromatic nitrogens is 1. The van der Waals surface area contributed by atoms with E-state index in [1.165, 1.54) is 29.2 Å². The van der Waals surface area contributed by atoms with Gasteiger partial charge in [-0.15, -0.1) is 23.1 Å². The minimum Gasteiger partial charge on any atom is -0.321 e. The molecule has 6 aromatic rings. The average Bonchev–Trinajstić information content (AvgIpc) is 3.51. The third-order valence-electron chi connectivity index (χ3n) is 7.49. The number of amides is 3. The summed E-state index contributed by atoms with van der Waals surface area (Å²) in [6.45, 7) is 1.99. The molecule has 0 saturated carbocycles. The Morgan fingerprint density at radius 2 is 1.44 bits per heavy atom. The molecule has 3 amide bonds. The van der Waals surface area contributed by atoms with Crippen LogP contribution in [0.1, 0.15) is 31.6 Å². The predicted octanol–water partition coefficient (Wildman–Crippen LogP) is 9.65. The van der Waals surface area contributed by atoms with Crippen LogP contribution in [0.2, 0.25) is 5.02 Å². The fourth-order valence-corrected chi connectivity index (χ4v) is 7.17. The van der Waals surface area contributed by atoms with Crippen LogP contribution in [0, 0.1) is 6.92 Å². The number of rotatable bonds is 11. The number of thiazole rings is 1. The third-order valence-corrected chi connectivity index (χ3v) is 9.97. The molecule has 0 aliphatic heterocycles. The summed E-state index contributed by atoms with van der Waals surface area (Å²) in [6.07, 6.45) is 1.54. The maximum absolute atomic E-state index is 13.9. The van der Waals surface area contributed by atoms with Gasteiger partial charge in [0.2, 0.25) is 5.91 Å². The minimum absolute atomic E-state index is 0.0140. The second-order valence-electron chi connectivity index (χ2n) is 11.1. The molecule has 1 aromatic heterocycles. The lowest BCUT2D eigenvalue weighted by atomic mass is 10.1. The van der Waals surface area contributed by atoms with Crippen molar-refractivity contribution in [3.05, 3.63) is 172 Å². The van der Waals surface area contributed by atoms with Crippen molar-refractivity contribution in [1.29, 1.82) is 0 Å². The summed E-state index contributed by atoms with van der Waals surface area (Å²) >= 11 is 9.17. The van der Waals surface area contributed by atoms with Gasteiger partial charge in [0.05, 0.1) is 5.69 Å². The van der Waals surface area contributed by atoms with Gasteiger partial charge in [0.15, 0.2) is 5.13 Å². The van der Waals surface area contributed by atoms with Crippen LogP contribution >= 0.6 is 34.7 Å². The first-order valence-electron chi connectivity index (χ1n) is 15.6. The molecule has 1 heterocycles. The van der Waals surface area contributed by atoms with Gasteiger partial charge in [-0.25, -0.2) is 4.98 Å². The Labute approximate surface area is 303 Å². The van der Waals surface area contributed by atoms with E-state index < -0.39 is 17.1 Å². The van der Waals surface area contributed by atoms with Crippen molar-refractivity contribution in [1.82, 2.24) is 10.3 Å². The molecule has 10 heteroatoms. The summed E-state index contributed by atoms with van der Waals surface area (Å²) in [5.74, 6) is -1.20. The fraction of sp³-hybridized carbons (Fsp3) is 0.0500. The van der Waals surface area contributed by atoms with Crippen LogP contribution in [0.25, 0.3) is 17.3 Å². The molecule has 1 unspecified atom stereocenters. The lowest BCUT2D eigenvalue weighted by Crippen LogP contribution is -2.30. The van der Waals surface area contributed by atoms with E-state index in [2.05, 4.69) is 16.0 Å². The average molecular weight is 715 g/mol. The zero-order chi connectivity index (χ0) is 34.9. The van der Waals surface area contributed by atoms with Crippen LogP contribution in [-0.2, 0) is 9.59 Å². The number of hydrogen-bond donors (Lipinski definition) is 3. The molecule has 0 fully saturated rings. The number of thioether (sulfide) groups is 1. The standard InChI is InChI=1S/C40H31ClN4O3S2/c1-26-35(27-14-5-2-6-15-27)44-40(49-26)45-39(48)36(28-16-7-3-8-17-28)50-32-22-13-21-31(25-32)42-38(47)34(24-30-20-11-12-23-33(30)41)43-37(46)29-18-9-4-10-19-29/h2-25,36H,1H3,(H,42,47)(H,43,46)(H,44,45,48)/b34-24+. The van der Waals surface area contributed by atoms with E-state index in [-0.39, 0.29) is 11.6 Å². The van der Waals surface area contributed by atoms with Crippen LogP contribution in [0.3, 0.4) is 0 Å². The first-order chi connectivity index (χ1) is 24.3. The van der Waals surface area contributed by atoms with E-state index in [0.717, 1.165) is 26.6 Å². The van der Waals surface area contributed by atoms with Crippen LogP contribution in [-0.4, -0.2) is 22.7 Å². The summed E-state index contributed by atoms with van der Waals surface area (Å²) in [6, 6.07) is 42.3. The van der Waals surface area contributed by atoms with Crippen molar-refractivity contribution >= 4 is 69.3 Å². The van der Waals surface area contributed by atoms with Crippen LogP contribution in [0.4, 0.5) is 10.8 Å². The lowest BCUT2D eigenvalue weighted by Gasteiger charge is -2.17. The Balaban J connectivity index is 1.22. The van der Waals surface area contributed by atoms with E-state index in [0.29, 0.717) is 27.0 Å². The van der Waals surface area contributed by atoms with Crippen molar-refractivity contribution in [2.75, 3.05) is 10.6 Å².